The predicted molar refractivity (Wildman–Crippen MR) is 116 cm³/mol. The van der Waals surface area contributed by atoms with E-state index in [0.29, 0.717) is 6.54 Å². The van der Waals surface area contributed by atoms with Gasteiger partial charge in [-0.3, -0.25) is 4.99 Å². The third-order valence-corrected chi connectivity index (χ3v) is 7.07. The van der Waals surface area contributed by atoms with Crippen molar-refractivity contribution in [3.63, 3.8) is 0 Å². The van der Waals surface area contributed by atoms with Gasteiger partial charge in [0.15, 0.2) is 5.96 Å². The Labute approximate surface area is 168 Å². The molecule has 0 spiro atoms. The van der Waals surface area contributed by atoms with Crippen molar-refractivity contribution >= 4 is 27.7 Å². The van der Waals surface area contributed by atoms with Crippen molar-refractivity contribution in [2.45, 2.75) is 50.8 Å². The summed E-state index contributed by atoms with van der Waals surface area (Å²) in [5.41, 5.74) is 1.78. The van der Waals surface area contributed by atoms with Gasteiger partial charge >= 0.3 is 0 Å². The maximum absolute atomic E-state index is 12.3. The molecule has 0 saturated carbocycles. The van der Waals surface area contributed by atoms with Gasteiger partial charge in [0.2, 0.25) is 10.0 Å². The first-order valence-corrected chi connectivity index (χ1v) is 11.9. The molecule has 2 N–H and O–H groups in total. The lowest BCUT2D eigenvalue weighted by Gasteiger charge is -2.39. The molecule has 0 radical (unpaired) electrons. The Morgan fingerprint density at radius 1 is 1.30 bits per heavy atom. The number of benzene rings is 1. The molecular weight excluding hydrogens is 380 g/mol. The molecule has 0 aromatic heterocycles. The van der Waals surface area contributed by atoms with Gasteiger partial charge in [0.1, 0.15) is 0 Å². The molecule has 1 saturated heterocycles. The highest BCUT2D eigenvalue weighted by atomic mass is 32.2. The SMILES string of the molecule is CN=C(NCc1ccccc1CS(=O)(=O)NC(C)C)N1CCSC(C)(C)C1. The first-order chi connectivity index (χ1) is 12.6. The predicted octanol–water partition coefficient (Wildman–Crippen LogP) is 2.42. The summed E-state index contributed by atoms with van der Waals surface area (Å²) in [6.07, 6.45) is 0. The Morgan fingerprint density at radius 3 is 2.56 bits per heavy atom. The zero-order chi connectivity index (χ0) is 20.1. The van der Waals surface area contributed by atoms with Crippen molar-refractivity contribution in [2.75, 3.05) is 25.9 Å². The lowest BCUT2D eigenvalue weighted by atomic mass is 10.1. The smallest absolute Gasteiger partial charge is 0.216 e. The summed E-state index contributed by atoms with van der Waals surface area (Å²) in [6.45, 7) is 10.6. The minimum absolute atomic E-state index is 0.0188. The maximum Gasteiger partial charge on any atom is 0.216 e. The number of rotatable bonds is 6. The number of nitrogens with zero attached hydrogens (tertiary/aromatic N) is 2. The standard InChI is InChI=1S/C19H32N4O2S2/c1-15(2)22-27(24,25)13-17-9-7-6-8-16(17)12-21-18(20-5)23-10-11-26-19(3,4)14-23/h6-9,15,22H,10-14H2,1-5H3,(H,20,21). The average Bonchev–Trinajstić information content (AvgIpc) is 2.54. The van der Waals surface area contributed by atoms with Gasteiger partial charge in [-0.2, -0.15) is 11.8 Å². The molecule has 0 unspecified atom stereocenters. The van der Waals surface area contributed by atoms with Gasteiger partial charge in [0.25, 0.3) is 0 Å². The molecule has 152 valence electrons. The Bertz CT molecular complexity index is 761. The second-order valence-electron chi connectivity index (χ2n) is 7.73. The van der Waals surface area contributed by atoms with Gasteiger partial charge in [0.05, 0.1) is 5.75 Å². The fourth-order valence-electron chi connectivity index (χ4n) is 3.18. The molecule has 0 bridgehead atoms. The number of hydrogen-bond acceptors (Lipinski definition) is 4. The summed E-state index contributed by atoms with van der Waals surface area (Å²) in [6, 6.07) is 7.55. The highest BCUT2D eigenvalue weighted by molar-refractivity contribution is 8.00. The lowest BCUT2D eigenvalue weighted by molar-refractivity contribution is 0.375. The molecule has 0 atom stereocenters. The van der Waals surface area contributed by atoms with Crippen LogP contribution < -0.4 is 10.0 Å². The third kappa shape index (κ3) is 7.01. The number of hydrogen-bond donors (Lipinski definition) is 2. The molecule has 1 aromatic carbocycles. The van der Waals surface area contributed by atoms with Crippen LogP contribution >= 0.6 is 11.8 Å². The number of guanidine groups is 1. The molecule has 1 aliphatic heterocycles. The number of thioether (sulfide) groups is 1. The van der Waals surface area contributed by atoms with Crippen LogP contribution in [0.15, 0.2) is 29.3 Å². The van der Waals surface area contributed by atoms with Crippen LogP contribution in [-0.2, 0) is 22.3 Å². The summed E-state index contributed by atoms with van der Waals surface area (Å²) in [7, 11) is -1.57. The van der Waals surface area contributed by atoms with Gasteiger partial charge in [-0.25, -0.2) is 13.1 Å². The van der Waals surface area contributed by atoms with Gasteiger partial charge in [-0.15, -0.1) is 0 Å². The minimum atomic E-state index is -3.36. The second-order valence-corrected chi connectivity index (χ2v) is 11.3. The summed E-state index contributed by atoms with van der Waals surface area (Å²) in [5, 5.41) is 3.41. The summed E-state index contributed by atoms with van der Waals surface area (Å²) in [4.78, 5) is 6.70. The van der Waals surface area contributed by atoms with E-state index in [4.69, 9.17) is 0 Å². The Morgan fingerprint density at radius 2 is 1.96 bits per heavy atom. The highest BCUT2D eigenvalue weighted by Gasteiger charge is 2.28. The van der Waals surface area contributed by atoms with Gasteiger partial charge in [-0.1, -0.05) is 24.3 Å². The van der Waals surface area contributed by atoms with E-state index in [1.165, 1.54) is 0 Å². The van der Waals surface area contributed by atoms with Crippen molar-refractivity contribution < 1.29 is 8.42 Å². The fourth-order valence-corrected chi connectivity index (χ4v) is 5.78. The zero-order valence-electron chi connectivity index (χ0n) is 16.9. The van der Waals surface area contributed by atoms with E-state index in [9.17, 15) is 8.42 Å². The molecule has 27 heavy (non-hydrogen) atoms. The van der Waals surface area contributed by atoms with Crippen LogP contribution in [0.25, 0.3) is 0 Å². The van der Waals surface area contributed by atoms with Gasteiger partial charge in [-0.05, 0) is 38.8 Å². The maximum atomic E-state index is 12.3. The van der Waals surface area contributed by atoms with Crippen LogP contribution in [0, 0.1) is 0 Å². The van der Waals surface area contributed by atoms with Crippen LogP contribution in [0.4, 0.5) is 0 Å². The summed E-state index contributed by atoms with van der Waals surface area (Å²) in [5.74, 6) is 1.92. The molecule has 6 nitrogen and oxygen atoms in total. The molecule has 2 rings (SSSR count). The van der Waals surface area contributed by atoms with Crippen molar-refractivity contribution in [1.29, 1.82) is 0 Å². The van der Waals surface area contributed by atoms with Crippen molar-refractivity contribution in [2.24, 2.45) is 4.99 Å². The molecule has 1 fully saturated rings. The molecule has 0 amide bonds. The van der Waals surface area contributed by atoms with E-state index in [2.05, 4.69) is 33.8 Å². The second kappa shape index (κ2) is 9.30. The molecular formula is C19H32N4O2S2. The normalized spacial score (nSPS) is 18.0. The van der Waals surface area contributed by atoms with Crippen LogP contribution in [0.3, 0.4) is 0 Å². The van der Waals surface area contributed by atoms with E-state index in [1.807, 2.05) is 49.9 Å². The third-order valence-electron chi connectivity index (χ3n) is 4.25. The summed E-state index contributed by atoms with van der Waals surface area (Å²) >= 11 is 1.98. The first-order valence-electron chi connectivity index (χ1n) is 9.28. The first kappa shape index (κ1) is 22.0. The monoisotopic (exact) mass is 412 g/mol. The average molecular weight is 413 g/mol. The van der Waals surface area contributed by atoms with Crippen molar-refractivity contribution in [3.8, 4) is 0 Å². The fraction of sp³-hybridized carbons (Fsp3) is 0.632. The topological polar surface area (TPSA) is 73.8 Å². The Kier molecular flexibility index (Phi) is 7.59. The zero-order valence-corrected chi connectivity index (χ0v) is 18.6. The highest BCUT2D eigenvalue weighted by Crippen LogP contribution is 2.29. The van der Waals surface area contributed by atoms with E-state index < -0.39 is 10.0 Å². The van der Waals surface area contributed by atoms with E-state index in [0.717, 1.165) is 35.9 Å². The van der Waals surface area contributed by atoms with E-state index >= 15 is 0 Å². The quantitative estimate of drug-likeness (QED) is 0.554. The van der Waals surface area contributed by atoms with Crippen molar-refractivity contribution in [3.05, 3.63) is 35.4 Å². The minimum Gasteiger partial charge on any atom is -0.352 e. The van der Waals surface area contributed by atoms with E-state index in [1.54, 1.807) is 7.05 Å². The largest absolute Gasteiger partial charge is 0.352 e. The summed E-state index contributed by atoms with van der Waals surface area (Å²) < 4.78 is 27.5. The molecule has 0 aliphatic carbocycles. The molecule has 8 heteroatoms. The van der Waals surface area contributed by atoms with Crippen LogP contribution in [0.2, 0.25) is 0 Å². The number of sulfonamides is 1. The number of nitrogens with one attached hydrogen (secondary N) is 2. The Hall–Kier alpha value is -1.25. The van der Waals surface area contributed by atoms with Crippen LogP contribution in [0.5, 0.6) is 0 Å². The molecule has 1 aliphatic rings. The van der Waals surface area contributed by atoms with Gasteiger partial charge < -0.3 is 10.2 Å². The number of aliphatic imine (C=N–C) groups is 1. The van der Waals surface area contributed by atoms with Crippen molar-refractivity contribution in [1.82, 2.24) is 14.9 Å². The van der Waals surface area contributed by atoms with E-state index in [-0.39, 0.29) is 16.5 Å². The molecule has 1 heterocycles. The van der Waals surface area contributed by atoms with Crippen LogP contribution in [0.1, 0.15) is 38.8 Å². The lowest BCUT2D eigenvalue weighted by Crippen LogP contribution is -2.50. The molecule has 1 aromatic rings. The van der Waals surface area contributed by atoms with Crippen LogP contribution in [-0.4, -0.2) is 56.0 Å². The Balaban J connectivity index is 2.07. The van der Waals surface area contributed by atoms with Gasteiger partial charge in [0, 0.05) is 43.2 Å².